The molecule has 1 saturated heterocycles. The minimum Gasteiger partial charge on any atom is -0.339 e. The van der Waals surface area contributed by atoms with Crippen molar-refractivity contribution >= 4 is 5.91 Å². The largest absolute Gasteiger partial charge is 0.339 e. The standard InChI is InChI=1S/C13H27N3O/c1-4-12(9-14)8-13(17)16-7-5-6-15(3)10-11(16)2/h11-12H,4-10,14H2,1-3H3. The van der Waals surface area contributed by atoms with Crippen LogP contribution in [0.2, 0.25) is 0 Å². The fourth-order valence-electron chi connectivity index (χ4n) is 2.50. The smallest absolute Gasteiger partial charge is 0.223 e. The summed E-state index contributed by atoms with van der Waals surface area (Å²) in [7, 11) is 2.12. The summed E-state index contributed by atoms with van der Waals surface area (Å²) in [5.74, 6) is 0.626. The molecule has 0 aromatic heterocycles. The van der Waals surface area contributed by atoms with Gasteiger partial charge in [0.15, 0.2) is 0 Å². The van der Waals surface area contributed by atoms with Gasteiger partial charge in [0.2, 0.25) is 5.91 Å². The molecule has 1 amide bonds. The van der Waals surface area contributed by atoms with Crippen LogP contribution >= 0.6 is 0 Å². The van der Waals surface area contributed by atoms with Crippen molar-refractivity contribution in [3.05, 3.63) is 0 Å². The summed E-state index contributed by atoms with van der Waals surface area (Å²) in [6.07, 6.45) is 2.68. The van der Waals surface area contributed by atoms with E-state index in [1.54, 1.807) is 0 Å². The summed E-state index contributed by atoms with van der Waals surface area (Å²) < 4.78 is 0. The third kappa shape index (κ3) is 4.28. The van der Waals surface area contributed by atoms with E-state index >= 15 is 0 Å². The predicted octanol–water partition coefficient (Wildman–Crippen LogP) is 0.914. The number of likely N-dealkylation sites (N-methyl/N-ethyl adjacent to an activating group) is 1. The van der Waals surface area contributed by atoms with Crippen molar-refractivity contribution in [1.82, 2.24) is 9.80 Å². The molecular formula is C13H27N3O. The van der Waals surface area contributed by atoms with E-state index in [1.807, 2.05) is 4.90 Å². The molecule has 1 aliphatic heterocycles. The zero-order chi connectivity index (χ0) is 12.8. The molecule has 0 aliphatic carbocycles. The van der Waals surface area contributed by atoms with Crippen LogP contribution in [0, 0.1) is 5.92 Å². The first kappa shape index (κ1) is 14.5. The first-order valence-corrected chi connectivity index (χ1v) is 6.76. The molecule has 1 rings (SSSR count). The number of amides is 1. The molecule has 4 nitrogen and oxygen atoms in total. The molecule has 1 heterocycles. The number of hydrogen-bond donors (Lipinski definition) is 1. The Bertz CT molecular complexity index is 241. The summed E-state index contributed by atoms with van der Waals surface area (Å²) in [5, 5.41) is 0. The lowest BCUT2D eigenvalue weighted by Gasteiger charge is -2.29. The Labute approximate surface area is 105 Å². The van der Waals surface area contributed by atoms with Crippen molar-refractivity contribution in [2.75, 3.05) is 33.2 Å². The van der Waals surface area contributed by atoms with Gasteiger partial charge in [0.05, 0.1) is 0 Å². The fourth-order valence-corrected chi connectivity index (χ4v) is 2.50. The molecule has 1 fully saturated rings. The number of nitrogens with two attached hydrogens (primary N) is 1. The molecule has 4 heteroatoms. The van der Waals surface area contributed by atoms with Gasteiger partial charge in [-0.2, -0.15) is 0 Å². The Morgan fingerprint density at radius 3 is 2.76 bits per heavy atom. The minimum absolute atomic E-state index is 0.283. The van der Waals surface area contributed by atoms with Gasteiger partial charge in [-0.05, 0) is 39.4 Å². The highest BCUT2D eigenvalue weighted by atomic mass is 16.2. The van der Waals surface area contributed by atoms with Crippen molar-refractivity contribution in [3.63, 3.8) is 0 Å². The van der Waals surface area contributed by atoms with Crippen molar-refractivity contribution in [3.8, 4) is 0 Å². The third-order valence-electron chi connectivity index (χ3n) is 3.74. The molecule has 0 saturated carbocycles. The minimum atomic E-state index is 0.283. The lowest BCUT2D eigenvalue weighted by molar-refractivity contribution is -0.134. The van der Waals surface area contributed by atoms with Gasteiger partial charge in [-0.3, -0.25) is 4.79 Å². The SMILES string of the molecule is CCC(CN)CC(=O)N1CCCN(C)CC1C. The van der Waals surface area contributed by atoms with Crippen LogP contribution in [0.1, 0.15) is 33.1 Å². The van der Waals surface area contributed by atoms with Crippen LogP contribution < -0.4 is 5.73 Å². The lowest BCUT2D eigenvalue weighted by atomic mass is 10.0. The Kier molecular flexibility index (Phi) is 5.92. The Balaban J connectivity index is 2.54. The van der Waals surface area contributed by atoms with E-state index < -0.39 is 0 Å². The van der Waals surface area contributed by atoms with Gasteiger partial charge < -0.3 is 15.5 Å². The second kappa shape index (κ2) is 6.97. The van der Waals surface area contributed by atoms with E-state index in [0.717, 1.165) is 32.5 Å². The van der Waals surface area contributed by atoms with Crippen LogP contribution in [0.25, 0.3) is 0 Å². The van der Waals surface area contributed by atoms with Crippen LogP contribution in [0.5, 0.6) is 0 Å². The molecule has 0 aromatic rings. The zero-order valence-electron chi connectivity index (χ0n) is 11.5. The maximum atomic E-state index is 12.2. The highest BCUT2D eigenvalue weighted by molar-refractivity contribution is 5.76. The second-order valence-electron chi connectivity index (χ2n) is 5.27. The molecule has 1 aliphatic rings. The normalized spacial score (nSPS) is 24.5. The molecule has 0 aromatic carbocycles. The fraction of sp³-hybridized carbons (Fsp3) is 0.923. The number of carbonyl (C=O) groups excluding carboxylic acids is 1. The summed E-state index contributed by atoms with van der Waals surface area (Å²) >= 11 is 0. The average Bonchev–Trinajstić information content (AvgIpc) is 2.46. The highest BCUT2D eigenvalue weighted by Gasteiger charge is 2.25. The Morgan fingerprint density at radius 1 is 1.47 bits per heavy atom. The average molecular weight is 241 g/mol. The van der Waals surface area contributed by atoms with Gasteiger partial charge in [-0.15, -0.1) is 0 Å². The molecule has 100 valence electrons. The summed E-state index contributed by atoms with van der Waals surface area (Å²) in [4.78, 5) is 16.6. The monoisotopic (exact) mass is 241 g/mol. The first-order valence-electron chi connectivity index (χ1n) is 6.76. The van der Waals surface area contributed by atoms with Crippen molar-refractivity contribution < 1.29 is 4.79 Å². The van der Waals surface area contributed by atoms with E-state index in [4.69, 9.17) is 5.73 Å². The molecule has 2 N–H and O–H groups in total. The summed E-state index contributed by atoms with van der Waals surface area (Å²) in [6.45, 7) is 7.82. The van der Waals surface area contributed by atoms with E-state index in [2.05, 4.69) is 25.8 Å². The van der Waals surface area contributed by atoms with E-state index in [0.29, 0.717) is 24.9 Å². The van der Waals surface area contributed by atoms with Crippen molar-refractivity contribution in [1.29, 1.82) is 0 Å². The number of carbonyl (C=O) groups is 1. The second-order valence-corrected chi connectivity index (χ2v) is 5.27. The molecule has 0 bridgehead atoms. The topological polar surface area (TPSA) is 49.6 Å². The van der Waals surface area contributed by atoms with Crippen LogP contribution in [0.4, 0.5) is 0 Å². The van der Waals surface area contributed by atoms with E-state index in [9.17, 15) is 4.79 Å². The quantitative estimate of drug-likeness (QED) is 0.796. The van der Waals surface area contributed by atoms with Gasteiger partial charge in [-0.25, -0.2) is 0 Å². The summed E-state index contributed by atoms with van der Waals surface area (Å²) in [5.41, 5.74) is 5.67. The van der Waals surface area contributed by atoms with Gasteiger partial charge in [0.25, 0.3) is 0 Å². The van der Waals surface area contributed by atoms with Crippen molar-refractivity contribution in [2.24, 2.45) is 11.7 Å². The van der Waals surface area contributed by atoms with Crippen LogP contribution in [0.3, 0.4) is 0 Å². The molecule has 0 spiro atoms. The highest BCUT2D eigenvalue weighted by Crippen LogP contribution is 2.14. The van der Waals surface area contributed by atoms with Gasteiger partial charge >= 0.3 is 0 Å². The molecule has 2 unspecified atom stereocenters. The maximum Gasteiger partial charge on any atom is 0.223 e. The lowest BCUT2D eigenvalue weighted by Crippen LogP contribution is -2.42. The number of nitrogens with zero attached hydrogens (tertiary/aromatic N) is 2. The van der Waals surface area contributed by atoms with Crippen molar-refractivity contribution in [2.45, 2.75) is 39.2 Å². The summed E-state index contributed by atoms with van der Waals surface area (Å²) in [6, 6.07) is 0.324. The van der Waals surface area contributed by atoms with Crippen LogP contribution in [-0.2, 0) is 4.79 Å². The number of hydrogen-bond acceptors (Lipinski definition) is 3. The molecule has 0 radical (unpaired) electrons. The Morgan fingerprint density at radius 2 is 2.18 bits per heavy atom. The first-order chi connectivity index (χ1) is 8.08. The molecule has 17 heavy (non-hydrogen) atoms. The van der Waals surface area contributed by atoms with E-state index in [1.165, 1.54) is 0 Å². The van der Waals surface area contributed by atoms with Gasteiger partial charge in [0.1, 0.15) is 0 Å². The van der Waals surface area contributed by atoms with Gasteiger partial charge in [0, 0.05) is 25.6 Å². The zero-order valence-corrected chi connectivity index (χ0v) is 11.5. The van der Waals surface area contributed by atoms with Crippen LogP contribution in [0.15, 0.2) is 0 Å². The van der Waals surface area contributed by atoms with Gasteiger partial charge in [-0.1, -0.05) is 13.3 Å². The number of rotatable bonds is 4. The predicted molar refractivity (Wildman–Crippen MR) is 70.7 cm³/mol. The molecular weight excluding hydrogens is 214 g/mol. The Hall–Kier alpha value is -0.610. The molecule has 2 atom stereocenters. The third-order valence-corrected chi connectivity index (χ3v) is 3.74. The van der Waals surface area contributed by atoms with Crippen LogP contribution in [-0.4, -0.2) is 55.0 Å². The maximum absolute atomic E-state index is 12.2. The van der Waals surface area contributed by atoms with E-state index in [-0.39, 0.29) is 5.91 Å².